The van der Waals surface area contributed by atoms with E-state index in [-0.39, 0.29) is 23.7 Å². The Labute approximate surface area is 132 Å². The monoisotopic (exact) mass is 310 g/mol. The van der Waals surface area contributed by atoms with Gasteiger partial charge in [0.25, 0.3) is 0 Å². The molecule has 3 aromatic rings. The van der Waals surface area contributed by atoms with Crippen LogP contribution in [0.25, 0.3) is 22.5 Å². The molecule has 0 amide bonds. The van der Waals surface area contributed by atoms with Gasteiger partial charge in [0.2, 0.25) is 0 Å². The molecule has 116 valence electrons. The van der Waals surface area contributed by atoms with E-state index < -0.39 is 5.63 Å². The van der Waals surface area contributed by atoms with Gasteiger partial charge in [0.15, 0.2) is 11.5 Å². The molecule has 0 saturated heterocycles. The Morgan fingerprint density at radius 1 is 1.22 bits per heavy atom. The topological polar surface area (TPSA) is 72.8 Å². The Morgan fingerprint density at radius 2 is 2.00 bits per heavy atom. The Morgan fingerprint density at radius 3 is 2.74 bits per heavy atom. The van der Waals surface area contributed by atoms with E-state index >= 15 is 0 Å². The van der Waals surface area contributed by atoms with E-state index in [0.29, 0.717) is 22.7 Å². The SMILES string of the molecule is C#CCOc1ccc2cc(-c3oc(=O)c(C)c(O)c3C)oc2c1. The number of benzene rings is 1. The normalized spacial score (nSPS) is 10.7. The Hall–Kier alpha value is -3.13. The zero-order valence-corrected chi connectivity index (χ0v) is 12.7. The van der Waals surface area contributed by atoms with E-state index in [1.165, 1.54) is 6.92 Å². The summed E-state index contributed by atoms with van der Waals surface area (Å²) in [7, 11) is 0. The molecule has 23 heavy (non-hydrogen) atoms. The molecular weight excluding hydrogens is 296 g/mol. The fourth-order valence-electron chi connectivity index (χ4n) is 2.30. The lowest BCUT2D eigenvalue weighted by Gasteiger charge is -2.05. The van der Waals surface area contributed by atoms with Gasteiger partial charge in [-0.1, -0.05) is 5.92 Å². The molecule has 0 spiro atoms. The van der Waals surface area contributed by atoms with E-state index in [1.54, 1.807) is 25.1 Å². The molecule has 0 aliphatic rings. The molecule has 0 radical (unpaired) electrons. The van der Waals surface area contributed by atoms with Crippen LogP contribution in [0.1, 0.15) is 11.1 Å². The molecular formula is C18H14O5. The van der Waals surface area contributed by atoms with Crippen molar-refractivity contribution in [2.45, 2.75) is 13.8 Å². The molecule has 0 saturated carbocycles. The molecule has 2 heterocycles. The first-order valence-electron chi connectivity index (χ1n) is 6.94. The number of terminal acetylenes is 1. The van der Waals surface area contributed by atoms with Gasteiger partial charge in [0.1, 0.15) is 23.7 Å². The van der Waals surface area contributed by atoms with E-state index in [1.807, 2.05) is 6.07 Å². The zero-order valence-electron chi connectivity index (χ0n) is 12.7. The highest BCUT2D eigenvalue weighted by Crippen LogP contribution is 2.34. The number of aromatic hydroxyl groups is 1. The summed E-state index contributed by atoms with van der Waals surface area (Å²) in [6, 6.07) is 7.03. The maximum Gasteiger partial charge on any atom is 0.343 e. The minimum Gasteiger partial charge on any atom is -0.507 e. The standard InChI is InChI=1S/C18H14O5/c1-4-7-21-13-6-5-12-8-15(22-14(12)9-13)17-10(2)16(19)11(3)18(20)23-17/h1,5-6,8-9,19H,7H2,2-3H3. The molecule has 2 aromatic heterocycles. The highest BCUT2D eigenvalue weighted by Gasteiger charge is 2.18. The molecule has 1 N–H and O–H groups in total. The Bertz CT molecular complexity index is 985. The van der Waals surface area contributed by atoms with Gasteiger partial charge in [-0.05, 0) is 32.0 Å². The van der Waals surface area contributed by atoms with Gasteiger partial charge in [0.05, 0.1) is 5.56 Å². The van der Waals surface area contributed by atoms with Crippen molar-refractivity contribution in [3.05, 3.63) is 45.8 Å². The first kappa shape index (κ1) is 14.8. The smallest absolute Gasteiger partial charge is 0.343 e. The van der Waals surface area contributed by atoms with Crippen LogP contribution in [0, 0.1) is 26.2 Å². The van der Waals surface area contributed by atoms with Crippen LogP contribution >= 0.6 is 0 Å². The predicted octanol–water partition coefficient (Wildman–Crippen LogP) is 3.39. The third-order valence-electron chi connectivity index (χ3n) is 3.59. The summed E-state index contributed by atoms with van der Waals surface area (Å²) < 4.78 is 16.3. The molecule has 0 aliphatic heterocycles. The van der Waals surface area contributed by atoms with Gasteiger partial charge >= 0.3 is 5.63 Å². The summed E-state index contributed by atoms with van der Waals surface area (Å²) in [5.74, 6) is 3.46. The number of hydrogen-bond donors (Lipinski definition) is 1. The number of rotatable bonds is 3. The molecule has 0 atom stereocenters. The maximum atomic E-state index is 11.8. The lowest BCUT2D eigenvalue weighted by molar-refractivity contribution is 0.370. The van der Waals surface area contributed by atoms with Crippen molar-refractivity contribution in [2.75, 3.05) is 6.61 Å². The van der Waals surface area contributed by atoms with Crippen molar-refractivity contribution in [1.82, 2.24) is 0 Å². The van der Waals surface area contributed by atoms with Gasteiger partial charge in [-0.2, -0.15) is 0 Å². The largest absolute Gasteiger partial charge is 0.507 e. The summed E-state index contributed by atoms with van der Waals surface area (Å²) in [6.07, 6.45) is 5.16. The van der Waals surface area contributed by atoms with Crippen LogP contribution in [0.3, 0.4) is 0 Å². The zero-order chi connectivity index (χ0) is 16.6. The molecule has 3 rings (SSSR count). The van der Waals surface area contributed by atoms with E-state index in [0.717, 1.165) is 5.39 Å². The average Bonchev–Trinajstić information content (AvgIpc) is 2.97. The molecule has 0 aliphatic carbocycles. The van der Waals surface area contributed by atoms with Crippen LogP contribution in [0.5, 0.6) is 11.5 Å². The van der Waals surface area contributed by atoms with E-state index in [2.05, 4.69) is 5.92 Å². The minimum atomic E-state index is -0.596. The Kier molecular flexibility index (Phi) is 3.59. The second-order valence-electron chi connectivity index (χ2n) is 5.12. The first-order valence-corrected chi connectivity index (χ1v) is 6.94. The van der Waals surface area contributed by atoms with Crippen molar-refractivity contribution in [3.63, 3.8) is 0 Å². The van der Waals surface area contributed by atoms with Crippen molar-refractivity contribution < 1.29 is 18.7 Å². The first-order chi connectivity index (χ1) is 11.0. The number of furan rings is 1. The summed E-state index contributed by atoms with van der Waals surface area (Å²) in [4.78, 5) is 11.8. The second-order valence-corrected chi connectivity index (χ2v) is 5.12. The molecule has 0 unspecified atom stereocenters. The number of fused-ring (bicyclic) bond motifs is 1. The second kappa shape index (κ2) is 5.58. The summed E-state index contributed by atoms with van der Waals surface area (Å²) >= 11 is 0. The predicted molar refractivity (Wildman–Crippen MR) is 85.7 cm³/mol. The van der Waals surface area contributed by atoms with Gasteiger partial charge < -0.3 is 18.7 Å². The van der Waals surface area contributed by atoms with Gasteiger partial charge in [-0.15, -0.1) is 6.42 Å². The summed E-state index contributed by atoms with van der Waals surface area (Å²) in [5.41, 5.74) is 0.593. The molecule has 1 aromatic carbocycles. The molecule has 5 nitrogen and oxygen atoms in total. The average molecular weight is 310 g/mol. The summed E-state index contributed by atoms with van der Waals surface area (Å²) in [5, 5.41) is 10.8. The van der Waals surface area contributed by atoms with Gasteiger partial charge in [0, 0.05) is 17.0 Å². The fourth-order valence-corrected chi connectivity index (χ4v) is 2.30. The third-order valence-corrected chi connectivity index (χ3v) is 3.59. The van der Waals surface area contributed by atoms with Crippen molar-refractivity contribution in [3.8, 4) is 35.4 Å². The maximum absolute atomic E-state index is 11.8. The number of hydrogen-bond acceptors (Lipinski definition) is 5. The lowest BCUT2D eigenvalue weighted by Crippen LogP contribution is -2.05. The Balaban J connectivity index is 2.11. The molecule has 5 heteroatoms. The minimum absolute atomic E-state index is 0.0882. The highest BCUT2D eigenvalue weighted by atomic mass is 16.5. The fraction of sp³-hybridized carbons (Fsp3) is 0.167. The summed E-state index contributed by atoms with van der Waals surface area (Å²) in [6.45, 7) is 3.33. The van der Waals surface area contributed by atoms with Crippen LogP contribution in [0.2, 0.25) is 0 Å². The van der Waals surface area contributed by atoms with Crippen molar-refractivity contribution in [1.29, 1.82) is 0 Å². The molecule has 0 fully saturated rings. The van der Waals surface area contributed by atoms with Crippen molar-refractivity contribution >= 4 is 11.0 Å². The number of ether oxygens (including phenoxy) is 1. The van der Waals surface area contributed by atoms with E-state index in [9.17, 15) is 9.90 Å². The van der Waals surface area contributed by atoms with Gasteiger partial charge in [-0.3, -0.25) is 0 Å². The van der Waals surface area contributed by atoms with Crippen LogP contribution in [0.4, 0.5) is 0 Å². The van der Waals surface area contributed by atoms with Gasteiger partial charge in [-0.25, -0.2) is 4.79 Å². The van der Waals surface area contributed by atoms with Crippen LogP contribution in [0.15, 0.2) is 37.9 Å². The third kappa shape index (κ3) is 2.55. The highest BCUT2D eigenvalue weighted by molar-refractivity contribution is 5.83. The van der Waals surface area contributed by atoms with E-state index in [4.69, 9.17) is 20.0 Å². The van der Waals surface area contributed by atoms with Crippen LogP contribution in [-0.4, -0.2) is 11.7 Å². The van der Waals surface area contributed by atoms with Crippen LogP contribution < -0.4 is 10.4 Å². The lowest BCUT2D eigenvalue weighted by atomic mass is 10.1. The quantitative estimate of drug-likeness (QED) is 0.751. The molecule has 0 bridgehead atoms. The van der Waals surface area contributed by atoms with Crippen molar-refractivity contribution in [2.24, 2.45) is 0 Å². The van der Waals surface area contributed by atoms with Crippen LogP contribution in [-0.2, 0) is 0 Å².